The number of nitrogens with zero attached hydrogens (tertiary/aromatic N) is 2. The summed E-state index contributed by atoms with van der Waals surface area (Å²) in [4.78, 5) is 55.0. The van der Waals surface area contributed by atoms with Gasteiger partial charge >= 0.3 is 11.9 Å². The zero-order chi connectivity index (χ0) is 29.5. The molecule has 0 bridgehead atoms. The van der Waals surface area contributed by atoms with Crippen molar-refractivity contribution in [3.63, 3.8) is 0 Å². The van der Waals surface area contributed by atoms with Crippen molar-refractivity contribution in [3.8, 4) is 5.75 Å². The fraction of sp³-hybridized carbons (Fsp3) is 0.379. The highest BCUT2D eigenvalue weighted by Crippen LogP contribution is 2.43. The van der Waals surface area contributed by atoms with Gasteiger partial charge in [0.15, 0.2) is 0 Å². The Hall–Kier alpha value is -4.58. The van der Waals surface area contributed by atoms with Gasteiger partial charge in [0.25, 0.3) is 11.6 Å². The highest BCUT2D eigenvalue weighted by atomic mass is 16.6. The number of nitrogens with one attached hydrogen (secondary N) is 1. The Labute approximate surface area is 236 Å². The van der Waals surface area contributed by atoms with Gasteiger partial charge in [0.1, 0.15) is 24.9 Å². The smallest absolute Gasteiger partial charge is 0.336 e. The number of esters is 2. The second-order valence-corrected chi connectivity index (χ2v) is 9.70. The van der Waals surface area contributed by atoms with Crippen LogP contribution >= 0.6 is 0 Å². The molecular formula is C29H31N3O9. The third-order valence-electron chi connectivity index (χ3n) is 6.98. The van der Waals surface area contributed by atoms with Crippen LogP contribution in [-0.2, 0) is 23.8 Å². The van der Waals surface area contributed by atoms with E-state index in [0.717, 1.165) is 12.8 Å². The van der Waals surface area contributed by atoms with E-state index in [1.54, 1.807) is 32.0 Å². The topological polar surface area (TPSA) is 167 Å². The molecule has 2 heterocycles. The zero-order valence-electron chi connectivity index (χ0n) is 22.7. The van der Waals surface area contributed by atoms with Crippen LogP contribution < -0.4 is 5.32 Å². The monoisotopic (exact) mass is 565 g/mol. The number of aromatic hydroxyl groups is 1. The number of amides is 1. The first kappa shape index (κ1) is 29.4. The predicted octanol–water partition coefficient (Wildman–Crippen LogP) is 3.44. The van der Waals surface area contributed by atoms with Crippen molar-refractivity contribution in [2.45, 2.75) is 38.7 Å². The molecule has 12 nitrogen and oxygen atoms in total. The number of phenols is 1. The van der Waals surface area contributed by atoms with Gasteiger partial charge < -0.3 is 24.6 Å². The van der Waals surface area contributed by atoms with Crippen molar-refractivity contribution in [1.29, 1.82) is 0 Å². The minimum Gasteiger partial charge on any atom is -0.507 e. The first-order valence-corrected chi connectivity index (χ1v) is 13.2. The van der Waals surface area contributed by atoms with E-state index in [4.69, 9.17) is 14.2 Å². The van der Waals surface area contributed by atoms with Gasteiger partial charge in [0.05, 0.1) is 28.7 Å². The summed E-state index contributed by atoms with van der Waals surface area (Å²) in [6, 6.07) is 11.9. The van der Waals surface area contributed by atoms with Crippen LogP contribution in [0.15, 0.2) is 64.8 Å². The van der Waals surface area contributed by atoms with Crippen molar-refractivity contribution < 1.29 is 38.6 Å². The van der Waals surface area contributed by atoms with E-state index in [9.17, 15) is 29.6 Å². The Morgan fingerprint density at radius 1 is 1.12 bits per heavy atom. The highest BCUT2D eigenvalue weighted by molar-refractivity contribution is 6.07. The van der Waals surface area contributed by atoms with Gasteiger partial charge in [-0.3, -0.25) is 24.7 Å². The molecule has 2 aliphatic rings. The Morgan fingerprint density at radius 3 is 2.56 bits per heavy atom. The predicted molar refractivity (Wildman–Crippen MR) is 146 cm³/mol. The number of rotatable bonds is 10. The summed E-state index contributed by atoms with van der Waals surface area (Å²) in [5.41, 5.74) is 0.559. The molecule has 1 fully saturated rings. The molecule has 0 radical (unpaired) electrons. The van der Waals surface area contributed by atoms with Crippen molar-refractivity contribution >= 4 is 29.2 Å². The first-order chi connectivity index (χ1) is 19.7. The molecule has 2 N–H and O–H groups in total. The van der Waals surface area contributed by atoms with Gasteiger partial charge in [0, 0.05) is 35.6 Å². The van der Waals surface area contributed by atoms with Crippen molar-refractivity contribution in [1.82, 2.24) is 5.32 Å². The molecular weight excluding hydrogens is 534 g/mol. The van der Waals surface area contributed by atoms with Crippen molar-refractivity contribution in [2.24, 2.45) is 10.9 Å². The van der Waals surface area contributed by atoms with E-state index in [2.05, 4.69) is 10.3 Å². The molecule has 0 aliphatic carbocycles. The van der Waals surface area contributed by atoms with Gasteiger partial charge in [0.2, 0.25) is 0 Å². The lowest BCUT2D eigenvalue weighted by atomic mass is 9.75. The fourth-order valence-electron chi connectivity index (χ4n) is 5.05. The Kier molecular flexibility index (Phi) is 9.45. The molecule has 2 aromatic rings. The molecule has 4 rings (SSSR count). The minimum atomic E-state index is -1.17. The van der Waals surface area contributed by atoms with Crippen LogP contribution in [0.2, 0.25) is 0 Å². The summed E-state index contributed by atoms with van der Waals surface area (Å²) < 4.78 is 16.5. The molecule has 1 amide bonds. The van der Waals surface area contributed by atoms with Gasteiger partial charge in [-0.2, -0.15) is 0 Å². The SMILES string of the molecule is CC1=NC(C)=C(C(=O)OC[C@H]2CCCO2)[C@H](c2ccccc2[N+](=O)[O-])C1C(=O)OCCNC(=O)c1ccccc1O. The molecule has 0 aromatic heterocycles. The second kappa shape index (κ2) is 13.2. The Bertz CT molecular complexity index is 1400. The quantitative estimate of drug-likeness (QED) is 0.190. The van der Waals surface area contributed by atoms with E-state index in [0.29, 0.717) is 12.3 Å². The molecule has 2 aromatic carbocycles. The number of ether oxygens (including phenoxy) is 3. The average molecular weight is 566 g/mol. The summed E-state index contributed by atoms with van der Waals surface area (Å²) in [6.45, 7) is 3.46. The molecule has 1 unspecified atom stereocenters. The van der Waals surface area contributed by atoms with Crippen LogP contribution in [0, 0.1) is 16.0 Å². The van der Waals surface area contributed by atoms with E-state index in [1.807, 2.05) is 0 Å². The molecule has 41 heavy (non-hydrogen) atoms. The summed E-state index contributed by atoms with van der Waals surface area (Å²) in [7, 11) is 0. The molecule has 216 valence electrons. The highest BCUT2D eigenvalue weighted by Gasteiger charge is 2.45. The lowest BCUT2D eigenvalue weighted by molar-refractivity contribution is -0.385. The standard InChI is InChI=1S/C29H31N3O9/c1-17-24(28(35)40-15-13-30-27(34)21-10-4-6-12-23(21)33)26(20-9-3-5-11-22(20)32(37)38)25(18(2)31-17)29(36)41-16-19-8-7-14-39-19/h3-6,9-12,19,24,26,33H,7-8,13-16H2,1-2H3,(H,30,34)/t19-,24?,26-/m1/s1. The number of phenolic OH excluding ortho intramolecular Hbond substituents is 1. The summed E-state index contributed by atoms with van der Waals surface area (Å²) in [5.74, 6) is -4.53. The van der Waals surface area contributed by atoms with Gasteiger partial charge in [-0.1, -0.05) is 30.3 Å². The minimum absolute atomic E-state index is 0.00763. The molecule has 2 aliphatic heterocycles. The van der Waals surface area contributed by atoms with E-state index in [1.165, 1.54) is 30.3 Å². The van der Waals surface area contributed by atoms with Crippen molar-refractivity contribution in [2.75, 3.05) is 26.4 Å². The summed E-state index contributed by atoms with van der Waals surface area (Å²) in [5, 5.41) is 24.4. The first-order valence-electron chi connectivity index (χ1n) is 13.2. The number of hydrogen-bond donors (Lipinski definition) is 2. The maximum absolute atomic E-state index is 13.5. The van der Waals surface area contributed by atoms with Crippen LogP contribution in [0.3, 0.4) is 0 Å². The van der Waals surface area contributed by atoms with Crippen LogP contribution in [0.4, 0.5) is 5.69 Å². The number of aliphatic imine (C=N–C) groups is 1. The lowest BCUT2D eigenvalue weighted by Gasteiger charge is -2.31. The van der Waals surface area contributed by atoms with Gasteiger partial charge in [-0.05, 0) is 38.8 Å². The number of carbonyl (C=O) groups is 3. The number of benzene rings is 2. The van der Waals surface area contributed by atoms with Gasteiger partial charge in [-0.25, -0.2) is 4.79 Å². The molecule has 1 saturated heterocycles. The number of para-hydroxylation sites is 2. The summed E-state index contributed by atoms with van der Waals surface area (Å²) >= 11 is 0. The number of nitro benzene ring substituents is 1. The molecule has 0 spiro atoms. The maximum atomic E-state index is 13.5. The molecule has 3 atom stereocenters. The van der Waals surface area contributed by atoms with E-state index < -0.39 is 34.6 Å². The third-order valence-corrected chi connectivity index (χ3v) is 6.98. The molecule has 12 heteroatoms. The van der Waals surface area contributed by atoms with Crippen LogP contribution in [0.1, 0.15) is 48.5 Å². The van der Waals surface area contributed by atoms with E-state index in [-0.39, 0.29) is 59.7 Å². The Morgan fingerprint density at radius 2 is 1.85 bits per heavy atom. The number of carbonyl (C=O) groups excluding carboxylic acids is 3. The maximum Gasteiger partial charge on any atom is 0.336 e. The zero-order valence-corrected chi connectivity index (χ0v) is 22.7. The number of allylic oxidation sites excluding steroid dienone is 1. The normalized spacial score (nSPS) is 20.2. The Balaban J connectivity index is 1.56. The van der Waals surface area contributed by atoms with Gasteiger partial charge in [-0.15, -0.1) is 0 Å². The van der Waals surface area contributed by atoms with E-state index >= 15 is 0 Å². The number of nitro groups is 1. The van der Waals surface area contributed by atoms with Crippen LogP contribution in [-0.4, -0.2) is 66.1 Å². The van der Waals surface area contributed by atoms with Crippen LogP contribution in [0.25, 0.3) is 0 Å². The third kappa shape index (κ3) is 6.77. The fourth-order valence-corrected chi connectivity index (χ4v) is 5.05. The van der Waals surface area contributed by atoms with Crippen LogP contribution in [0.5, 0.6) is 5.75 Å². The summed E-state index contributed by atoms with van der Waals surface area (Å²) in [6.07, 6.45) is 1.35. The second-order valence-electron chi connectivity index (χ2n) is 9.70. The largest absolute Gasteiger partial charge is 0.507 e. The van der Waals surface area contributed by atoms with Crippen molar-refractivity contribution in [3.05, 3.63) is 81.0 Å². The molecule has 0 saturated carbocycles. The lowest BCUT2D eigenvalue weighted by Crippen LogP contribution is -2.38. The average Bonchev–Trinajstić information content (AvgIpc) is 3.47. The number of hydrogen-bond acceptors (Lipinski definition) is 10.